The maximum absolute atomic E-state index is 12.5. The molecule has 0 amide bonds. The molecule has 0 aromatic heterocycles. The molecule has 1 aromatic rings. The zero-order chi connectivity index (χ0) is 9.35. The summed E-state index contributed by atoms with van der Waals surface area (Å²) in [6, 6.07) is 2.87. The van der Waals surface area contributed by atoms with Gasteiger partial charge in [0.2, 0.25) is 0 Å². The minimum absolute atomic E-state index is 0.362. The second-order valence-corrected chi connectivity index (χ2v) is 3.37. The Hall–Kier alpha value is -0.330. The first-order chi connectivity index (χ1) is 5.41. The van der Waals surface area contributed by atoms with E-state index in [1.165, 1.54) is 6.07 Å². The summed E-state index contributed by atoms with van der Waals surface area (Å²) < 4.78 is 48.9. The van der Waals surface area contributed by atoms with E-state index < -0.39 is 17.6 Å². The van der Waals surface area contributed by atoms with Crippen LogP contribution in [-0.2, 0) is 6.18 Å². The summed E-state index contributed by atoms with van der Waals surface area (Å²) in [4.78, 5) is 0. The third kappa shape index (κ3) is 2.09. The third-order valence-electron chi connectivity index (χ3n) is 1.23. The maximum Gasteiger partial charge on any atom is 0.419 e. The second-order valence-electron chi connectivity index (χ2n) is 2.12. The molecule has 0 fully saturated rings. The van der Waals surface area contributed by atoms with Gasteiger partial charge in [0.1, 0.15) is 5.82 Å². The SMILES string of the molecule is Fc1ccc(I)cc1C(F)(F)F. The third-order valence-corrected chi connectivity index (χ3v) is 1.90. The topological polar surface area (TPSA) is 0 Å². The number of hydrogen-bond donors (Lipinski definition) is 0. The van der Waals surface area contributed by atoms with Gasteiger partial charge in [0, 0.05) is 3.57 Å². The van der Waals surface area contributed by atoms with Crippen molar-refractivity contribution in [3.05, 3.63) is 33.1 Å². The number of halogens is 5. The number of hydrogen-bond acceptors (Lipinski definition) is 0. The summed E-state index contributed by atoms with van der Waals surface area (Å²) in [6.45, 7) is 0. The van der Waals surface area contributed by atoms with Crippen LogP contribution in [0.5, 0.6) is 0 Å². The fourth-order valence-electron chi connectivity index (χ4n) is 0.715. The average Bonchev–Trinajstić information content (AvgIpc) is 1.92. The summed E-state index contributed by atoms with van der Waals surface area (Å²) in [5, 5.41) is 0. The molecule has 1 rings (SSSR count). The molecule has 12 heavy (non-hydrogen) atoms. The van der Waals surface area contributed by atoms with E-state index in [0.29, 0.717) is 3.57 Å². The fourth-order valence-corrected chi connectivity index (χ4v) is 1.21. The first-order valence-corrected chi connectivity index (χ1v) is 4.01. The summed E-state index contributed by atoms with van der Waals surface area (Å²) in [7, 11) is 0. The minimum atomic E-state index is -4.61. The number of alkyl halides is 3. The van der Waals surface area contributed by atoms with Crippen LogP contribution in [0.25, 0.3) is 0 Å². The van der Waals surface area contributed by atoms with Gasteiger partial charge in [-0.2, -0.15) is 13.2 Å². The molecular formula is C7H3F4I. The molecule has 66 valence electrons. The average molecular weight is 290 g/mol. The Balaban J connectivity index is 3.23. The van der Waals surface area contributed by atoms with E-state index in [2.05, 4.69) is 0 Å². The van der Waals surface area contributed by atoms with Crippen LogP contribution in [0, 0.1) is 9.39 Å². The van der Waals surface area contributed by atoms with Gasteiger partial charge in [-0.1, -0.05) is 0 Å². The van der Waals surface area contributed by atoms with E-state index in [4.69, 9.17) is 0 Å². The highest BCUT2D eigenvalue weighted by Gasteiger charge is 2.33. The largest absolute Gasteiger partial charge is 0.419 e. The Labute approximate surface area is 79.7 Å². The van der Waals surface area contributed by atoms with Gasteiger partial charge in [-0.25, -0.2) is 4.39 Å². The number of benzene rings is 1. The van der Waals surface area contributed by atoms with Crippen molar-refractivity contribution in [2.75, 3.05) is 0 Å². The highest BCUT2D eigenvalue weighted by molar-refractivity contribution is 14.1. The van der Waals surface area contributed by atoms with Crippen molar-refractivity contribution in [1.82, 2.24) is 0 Å². The van der Waals surface area contributed by atoms with Crippen molar-refractivity contribution in [3.63, 3.8) is 0 Å². The van der Waals surface area contributed by atoms with Gasteiger partial charge in [0.05, 0.1) is 5.56 Å². The molecule has 0 atom stereocenters. The molecule has 0 bridgehead atoms. The molecule has 0 aliphatic heterocycles. The van der Waals surface area contributed by atoms with E-state index in [1.807, 2.05) is 0 Å². The predicted molar refractivity (Wildman–Crippen MR) is 44.1 cm³/mol. The quantitative estimate of drug-likeness (QED) is 0.507. The van der Waals surface area contributed by atoms with Gasteiger partial charge in [-0.05, 0) is 40.8 Å². The Morgan fingerprint density at radius 2 is 1.75 bits per heavy atom. The van der Waals surface area contributed by atoms with Crippen LogP contribution >= 0.6 is 22.6 Å². The summed E-state index contributed by atoms with van der Waals surface area (Å²) in [5.74, 6) is -1.23. The van der Waals surface area contributed by atoms with Crippen LogP contribution in [0.15, 0.2) is 18.2 Å². The molecule has 0 aliphatic carbocycles. The van der Waals surface area contributed by atoms with Crippen molar-refractivity contribution in [2.45, 2.75) is 6.18 Å². The standard InChI is InChI=1S/C7H3F4I/c8-6-2-1-4(12)3-5(6)7(9,10)11/h1-3H. The molecule has 0 aliphatic rings. The first kappa shape index (κ1) is 9.76. The van der Waals surface area contributed by atoms with Crippen molar-refractivity contribution < 1.29 is 17.6 Å². The molecule has 0 saturated carbocycles. The smallest absolute Gasteiger partial charge is 0.206 e. The minimum Gasteiger partial charge on any atom is -0.206 e. The molecule has 0 N–H and O–H groups in total. The summed E-state index contributed by atoms with van der Waals surface area (Å²) in [6.07, 6.45) is -4.61. The van der Waals surface area contributed by atoms with E-state index >= 15 is 0 Å². The second kappa shape index (κ2) is 3.20. The summed E-state index contributed by atoms with van der Waals surface area (Å²) >= 11 is 1.70. The highest BCUT2D eigenvalue weighted by atomic mass is 127. The normalized spacial score (nSPS) is 11.8. The van der Waals surface area contributed by atoms with Gasteiger partial charge < -0.3 is 0 Å². The van der Waals surface area contributed by atoms with E-state index in [0.717, 1.165) is 12.1 Å². The van der Waals surface area contributed by atoms with Crippen molar-refractivity contribution in [2.24, 2.45) is 0 Å². The van der Waals surface area contributed by atoms with Crippen LogP contribution in [0.3, 0.4) is 0 Å². The molecule has 0 unspecified atom stereocenters. The fraction of sp³-hybridized carbons (Fsp3) is 0.143. The van der Waals surface area contributed by atoms with Crippen molar-refractivity contribution >= 4 is 22.6 Å². The highest BCUT2D eigenvalue weighted by Crippen LogP contribution is 2.31. The summed E-state index contributed by atoms with van der Waals surface area (Å²) in [5.41, 5.74) is -1.21. The first-order valence-electron chi connectivity index (χ1n) is 2.93. The van der Waals surface area contributed by atoms with Crippen LogP contribution in [0.4, 0.5) is 17.6 Å². The molecule has 5 heteroatoms. The Morgan fingerprint density at radius 3 is 2.17 bits per heavy atom. The lowest BCUT2D eigenvalue weighted by molar-refractivity contribution is -0.140. The maximum atomic E-state index is 12.5. The molecule has 0 nitrogen and oxygen atoms in total. The monoisotopic (exact) mass is 290 g/mol. The van der Waals surface area contributed by atoms with Crippen LogP contribution < -0.4 is 0 Å². The Kier molecular flexibility index (Phi) is 2.60. The molecule has 0 saturated heterocycles. The Morgan fingerprint density at radius 1 is 1.17 bits per heavy atom. The molecule has 0 spiro atoms. The van der Waals surface area contributed by atoms with Crippen molar-refractivity contribution in [3.8, 4) is 0 Å². The van der Waals surface area contributed by atoms with E-state index in [9.17, 15) is 17.6 Å². The van der Waals surface area contributed by atoms with E-state index in [1.54, 1.807) is 22.6 Å². The van der Waals surface area contributed by atoms with Crippen LogP contribution in [0.1, 0.15) is 5.56 Å². The van der Waals surface area contributed by atoms with Gasteiger partial charge in [0.15, 0.2) is 0 Å². The molecule has 0 radical (unpaired) electrons. The van der Waals surface area contributed by atoms with Gasteiger partial charge in [0.25, 0.3) is 0 Å². The lowest BCUT2D eigenvalue weighted by Gasteiger charge is -2.07. The van der Waals surface area contributed by atoms with Crippen LogP contribution in [-0.4, -0.2) is 0 Å². The van der Waals surface area contributed by atoms with E-state index in [-0.39, 0.29) is 0 Å². The van der Waals surface area contributed by atoms with Gasteiger partial charge >= 0.3 is 6.18 Å². The van der Waals surface area contributed by atoms with Gasteiger partial charge in [-0.15, -0.1) is 0 Å². The number of rotatable bonds is 0. The lowest BCUT2D eigenvalue weighted by Crippen LogP contribution is -2.08. The molecule has 0 heterocycles. The molecular weight excluding hydrogens is 287 g/mol. The van der Waals surface area contributed by atoms with Crippen LogP contribution in [0.2, 0.25) is 0 Å². The van der Waals surface area contributed by atoms with Crippen molar-refractivity contribution in [1.29, 1.82) is 0 Å². The predicted octanol–water partition coefficient (Wildman–Crippen LogP) is 3.45. The zero-order valence-electron chi connectivity index (χ0n) is 5.62. The zero-order valence-corrected chi connectivity index (χ0v) is 7.78. The Bertz CT molecular complexity index is 292. The lowest BCUT2D eigenvalue weighted by atomic mass is 10.2. The molecule has 1 aromatic carbocycles. The van der Waals surface area contributed by atoms with Gasteiger partial charge in [-0.3, -0.25) is 0 Å².